The number of azo groups is 1. The van der Waals surface area contributed by atoms with Crippen molar-refractivity contribution in [1.29, 1.82) is 5.26 Å². The summed E-state index contributed by atoms with van der Waals surface area (Å²) in [6, 6.07) is 17.6. The lowest BCUT2D eigenvalue weighted by Gasteiger charge is -2.02. The number of nitrogens with one attached hydrogen (secondary N) is 1. The zero-order valence-corrected chi connectivity index (χ0v) is 14.8. The van der Waals surface area contributed by atoms with Gasteiger partial charge in [0.05, 0.1) is 11.4 Å². The summed E-state index contributed by atoms with van der Waals surface area (Å²) in [7, 11) is 0. The third-order valence-corrected chi connectivity index (χ3v) is 4.25. The van der Waals surface area contributed by atoms with E-state index in [2.05, 4.69) is 20.5 Å². The lowest BCUT2D eigenvalue weighted by Crippen LogP contribution is -2.24. The van der Waals surface area contributed by atoms with Crippen LogP contribution in [0, 0.1) is 18.3 Å². The van der Waals surface area contributed by atoms with Crippen LogP contribution in [0.15, 0.2) is 70.2 Å². The molecule has 7 heteroatoms. The second kappa shape index (κ2) is 8.14. The first-order valence-electron chi connectivity index (χ1n) is 7.84. The Morgan fingerprint density at radius 2 is 1.92 bits per heavy atom. The molecule has 0 aliphatic carbocycles. The maximum atomic E-state index is 12.2. The molecule has 1 aromatic heterocycles. The van der Waals surface area contributed by atoms with Crippen LogP contribution in [-0.4, -0.2) is 16.9 Å². The summed E-state index contributed by atoms with van der Waals surface area (Å²) >= 11 is 1.29. The molecule has 1 unspecified atom stereocenters. The van der Waals surface area contributed by atoms with Gasteiger partial charge in [-0.25, -0.2) is 4.98 Å². The lowest BCUT2D eigenvalue weighted by atomic mass is 10.2. The van der Waals surface area contributed by atoms with Gasteiger partial charge in [0, 0.05) is 10.9 Å². The van der Waals surface area contributed by atoms with Gasteiger partial charge in [0.15, 0.2) is 5.13 Å². The van der Waals surface area contributed by atoms with Gasteiger partial charge in [-0.3, -0.25) is 10.1 Å². The molecule has 0 fully saturated rings. The summed E-state index contributed by atoms with van der Waals surface area (Å²) in [6.07, 6.45) is 0. The minimum atomic E-state index is -1.24. The third-order valence-electron chi connectivity index (χ3n) is 3.50. The Morgan fingerprint density at radius 1 is 1.19 bits per heavy atom. The zero-order chi connectivity index (χ0) is 18.4. The number of nitrogens with zero attached hydrogens (tertiary/aromatic N) is 4. The SMILES string of the molecule is Cc1ccc(N=NC(C#N)C(=O)Nc2nc(-c3ccccc3)cs2)cc1. The van der Waals surface area contributed by atoms with Crippen molar-refractivity contribution in [3.05, 3.63) is 65.5 Å². The molecule has 1 atom stereocenters. The van der Waals surface area contributed by atoms with Crippen LogP contribution in [0.1, 0.15) is 5.56 Å². The van der Waals surface area contributed by atoms with Gasteiger partial charge < -0.3 is 0 Å². The molecule has 1 amide bonds. The highest BCUT2D eigenvalue weighted by atomic mass is 32.1. The monoisotopic (exact) mass is 361 g/mol. The number of nitriles is 1. The number of hydrogen-bond acceptors (Lipinski definition) is 6. The van der Waals surface area contributed by atoms with E-state index in [-0.39, 0.29) is 0 Å². The molecule has 0 saturated carbocycles. The van der Waals surface area contributed by atoms with Crippen LogP contribution >= 0.6 is 11.3 Å². The van der Waals surface area contributed by atoms with Crippen LogP contribution in [0.5, 0.6) is 0 Å². The van der Waals surface area contributed by atoms with E-state index in [1.807, 2.05) is 60.8 Å². The molecule has 3 rings (SSSR count). The lowest BCUT2D eigenvalue weighted by molar-refractivity contribution is -0.116. The Labute approximate surface area is 154 Å². The van der Waals surface area contributed by atoms with Crippen molar-refractivity contribution >= 4 is 28.1 Å². The predicted octanol–water partition coefficient (Wildman–Crippen LogP) is 4.73. The fourth-order valence-corrected chi connectivity index (χ4v) is 2.84. The van der Waals surface area contributed by atoms with Gasteiger partial charge in [0.1, 0.15) is 6.07 Å². The second-order valence-electron chi connectivity index (χ2n) is 5.48. The molecule has 26 heavy (non-hydrogen) atoms. The van der Waals surface area contributed by atoms with Gasteiger partial charge >= 0.3 is 0 Å². The number of aromatic nitrogens is 1. The standard InChI is InChI=1S/C19H15N5OS/c1-13-7-9-15(10-8-13)23-24-16(11-20)18(25)22-19-21-17(12-26-19)14-5-3-2-4-6-14/h2-10,12,16H,1H3,(H,21,22,25). The Bertz CT molecular complexity index is 958. The summed E-state index contributed by atoms with van der Waals surface area (Å²) < 4.78 is 0. The third kappa shape index (κ3) is 4.37. The summed E-state index contributed by atoms with van der Waals surface area (Å²) in [5.74, 6) is -0.558. The Morgan fingerprint density at radius 3 is 2.62 bits per heavy atom. The predicted molar refractivity (Wildman–Crippen MR) is 101 cm³/mol. The number of anilines is 1. The summed E-state index contributed by atoms with van der Waals surface area (Å²) in [5, 5.41) is 21.9. The number of rotatable bonds is 5. The largest absolute Gasteiger partial charge is 0.299 e. The van der Waals surface area contributed by atoms with Crippen LogP contribution in [-0.2, 0) is 4.79 Å². The molecular weight excluding hydrogens is 346 g/mol. The van der Waals surface area contributed by atoms with E-state index in [1.54, 1.807) is 12.1 Å². The van der Waals surface area contributed by atoms with Gasteiger partial charge in [-0.2, -0.15) is 15.5 Å². The van der Waals surface area contributed by atoms with E-state index < -0.39 is 11.9 Å². The summed E-state index contributed by atoms with van der Waals surface area (Å²) in [5.41, 5.74) is 3.40. The van der Waals surface area contributed by atoms with Crippen LogP contribution < -0.4 is 5.32 Å². The van der Waals surface area contributed by atoms with Crippen LogP contribution in [0.2, 0.25) is 0 Å². The molecule has 0 bridgehead atoms. The molecule has 3 aromatic rings. The van der Waals surface area contributed by atoms with Gasteiger partial charge in [0.2, 0.25) is 6.04 Å². The number of carbonyl (C=O) groups is 1. The quantitative estimate of drug-likeness (QED) is 0.666. The first-order chi connectivity index (χ1) is 12.7. The first kappa shape index (κ1) is 17.5. The minimum absolute atomic E-state index is 0.416. The Balaban J connectivity index is 1.67. The zero-order valence-electron chi connectivity index (χ0n) is 14.0. The van der Waals surface area contributed by atoms with Gasteiger partial charge in [-0.05, 0) is 19.1 Å². The maximum absolute atomic E-state index is 12.2. The number of amides is 1. The van der Waals surface area contributed by atoms with Crippen LogP contribution in [0.3, 0.4) is 0 Å². The minimum Gasteiger partial charge on any atom is -0.299 e. The smallest absolute Gasteiger partial charge is 0.267 e. The molecule has 0 aliphatic heterocycles. The molecule has 0 radical (unpaired) electrons. The fraction of sp³-hybridized carbons (Fsp3) is 0.105. The molecule has 0 aliphatic rings. The highest BCUT2D eigenvalue weighted by Crippen LogP contribution is 2.24. The second-order valence-corrected chi connectivity index (χ2v) is 6.33. The molecule has 6 nitrogen and oxygen atoms in total. The van der Waals surface area contributed by atoms with Crippen molar-refractivity contribution in [3.8, 4) is 17.3 Å². The van der Waals surface area contributed by atoms with E-state index >= 15 is 0 Å². The first-order valence-corrected chi connectivity index (χ1v) is 8.72. The molecule has 1 heterocycles. The summed E-state index contributed by atoms with van der Waals surface area (Å²) in [4.78, 5) is 16.6. The van der Waals surface area contributed by atoms with Gasteiger partial charge in [-0.1, -0.05) is 48.0 Å². The molecule has 1 N–H and O–H groups in total. The molecule has 0 saturated heterocycles. The number of thiazole rings is 1. The van der Waals surface area contributed by atoms with E-state index in [4.69, 9.17) is 0 Å². The van der Waals surface area contributed by atoms with Crippen LogP contribution in [0.25, 0.3) is 11.3 Å². The topological polar surface area (TPSA) is 90.5 Å². The highest BCUT2D eigenvalue weighted by Gasteiger charge is 2.18. The molecule has 0 spiro atoms. The number of carbonyl (C=O) groups excluding carboxylic acids is 1. The van der Waals surface area contributed by atoms with Crippen molar-refractivity contribution in [3.63, 3.8) is 0 Å². The van der Waals surface area contributed by atoms with E-state index in [9.17, 15) is 10.1 Å². The van der Waals surface area contributed by atoms with Gasteiger partial charge in [-0.15, -0.1) is 11.3 Å². The Kier molecular flexibility index (Phi) is 5.46. The molecule has 2 aromatic carbocycles. The average Bonchev–Trinajstić information content (AvgIpc) is 3.13. The van der Waals surface area contributed by atoms with Crippen molar-refractivity contribution < 1.29 is 4.79 Å². The number of hydrogen-bond donors (Lipinski definition) is 1. The highest BCUT2D eigenvalue weighted by molar-refractivity contribution is 7.14. The van der Waals surface area contributed by atoms with Crippen molar-refractivity contribution in [1.82, 2.24) is 4.98 Å². The van der Waals surface area contributed by atoms with Gasteiger partial charge in [0.25, 0.3) is 5.91 Å². The number of aryl methyl sites for hydroxylation is 1. The van der Waals surface area contributed by atoms with E-state index in [1.165, 1.54) is 11.3 Å². The Hall–Kier alpha value is -3.37. The van der Waals surface area contributed by atoms with Crippen molar-refractivity contribution in [2.45, 2.75) is 13.0 Å². The molecular formula is C19H15N5OS. The normalized spacial score (nSPS) is 11.8. The van der Waals surface area contributed by atoms with E-state index in [0.29, 0.717) is 10.8 Å². The average molecular weight is 361 g/mol. The molecule has 128 valence electrons. The van der Waals surface area contributed by atoms with Crippen molar-refractivity contribution in [2.75, 3.05) is 5.32 Å². The number of benzene rings is 2. The fourth-order valence-electron chi connectivity index (χ4n) is 2.12. The maximum Gasteiger partial charge on any atom is 0.267 e. The van der Waals surface area contributed by atoms with Crippen molar-refractivity contribution in [2.24, 2.45) is 10.2 Å². The summed E-state index contributed by atoms with van der Waals surface area (Å²) in [6.45, 7) is 1.96. The van der Waals surface area contributed by atoms with Crippen LogP contribution in [0.4, 0.5) is 10.8 Å². The van der Waals surface area contributed by atoms with E-state index in [0.717, 1.165) is 16.8 Å².